The van der Waals surface area contributed by atoms with Gasteiger partial charge in [-0.05, 0) is 30.5 Å². The van der Waals surface area contributed by atoms with Crippen molar-refractivity contribution in [3.8, 4) is 17.1 Å². The van der Waals surface area contributed by atoms with Gasteiger partial charge in [-0.25, -0.2) is 0 Å². The molecule has 1 aromatic heterocycles. The van der Waals surface area contributed by atoms with Crippen LogP contribution in [0.25, 0.3) is 11.4 Å². The highest BCUT2D eigenvalue weighted by molar-refractivity contribution is 5.77. The molecule has 6 nitrogen and oxygen atoms in total. The van der Waals surface area contributed by atoms with Gasteiger partial charge in [0.15, 0.2) is 0 Å². The first-order valence-corrected chi connectivity index (χ1v) is 8.83. The quantitative estimate of drug-likeness (QED) is 0.643. The number of benzene rings is 2. The van der Waals surface area contributed by atoms with Crippen molar-refractivity contribution in [2.75, 3.05) is 20.7 Å². The molecule has 0 radical (unpaired) electrons. The molecular weight excluding hydrogens is 342 g/mol. The second-order valence-corrected chi connectivity index (χ2v) is 6.38. The lowest BCUT2D eigenvalue weighted by atomic mass is 10.1. The van der Waals surface area contributed by atoms with Crippen LogP contribution < -0.4 is 4.74 Å². The van der Waals surface area contributed by atoms with Crippen molar-refractivity contribution >= 4 is 5.91 Å². The van der Waals surface area contributed by atoms with Crippen LogP contribution in [-0.4, -0.2) is 41.6 Å². The Kier molecular flexibility index (Phi) is 5.86. The van der Waals surface area contributed by atoms with Gasteiger partial charge in [0, 0.05) is 19.2 Å². The molecule has 140 valence electrons. The zero-order valence-corrected chi connectivity index (χ0v) is 15.8. The third-order valence-electron chi connectivity index (χ3n) is 4.49. The molecule has 0 fully saturated rings. The average molecular weight is 365 g/mol. The third-order valence-corrected chi connectivity index (χ3v) is 4.49. The number of nitrogens with zero attached hydrogens (tertiary/aromatic N) is 3. The third kappa shape index (κ3) is 4.53. The highest BCUT2D eigenvalue weighted by Crippen LogP contribution is 2.20. The predicted molar refractivity (Wildman–Crippen MR) is 103 cm³/mol. The molecule has 27 heavy (non-hydrogen) atoms. The Morgan fingerprint density at radius 1 is 1.15 bits per heavy atom. The van der Waals surface area contributed by atoms with Crippen molar-refractivity contribution < 1.29 is 14.1 Å². The molecule has 0 aliphatic heterocycles. The SMILES string of the molecule is COc1ccccc1CCN(C)C(=O)Cc1nc(-c2ccccc2C)no1. The summed E-state index contributed by atoms with van der Waals surface area (Å²) in [5.74, 6) is 1.60. The Hall–Kier alpha value is -3.15. The van der Waals surface area contributed by atoms with Gasteiger partial charge in [0.1, 0.15) is 12.2 Å². The van der Waals surface area contributed by atoms with Crippen molar-refractivity contribution in [3.63, 3.8) is 0 Å². The number of rotatable bonds is 7. The molecule has 3 rings (SSSR count). The first kappa shape index (κ1) is 18.6. The van der Waals surface area contributed by atoms with E-state index in [0.29, 0.717) is 24.7 Å². The molecule has 0 saturated carbocycles. The van der Waals surface area contributed by atoms with E-state index in [4.69, 9.17) is 9.26 Å². The lowest BCUT2D eigenvalue weighted by Gasteiger charge is -2.17. The van der Waals surface area contributed by atoms with Crippen LogP contribution in [0.3, 0.4) is 0 Å². The van der Waals surface area contributed by atoms with Crippen LogP contribution in [0.5, 0.6) is 5.75 Å². The van der Waals surface area contributed by atoms with Gasteiger partial charge in [-0.3, -0.25) is 4.79 Å². The lowest BCUT2D eigenvalue weighted by molar-refractivity contribution is -0.129. The fourth-order valence-corrected chi connectivity index (χ4v) is 2.85. The summed E-state index contributed by atoms with van der Waals surface area (Å²) in [6, 6.07) is 15.6. The zero-order valence-electron chi connectivity index (χ0n) is 15.8. The van der Waals surface area contributed by atoms with Crippen LogP contribution in [-0.2, 0) is 17.6 Å². The van der Waals surface area contributed by atoms with Crippen LogP contribution in [0.15, 0.2) is 53.1 Å². The molecule has 3 aromatic rings. The van der Waals surface area contributed by atoms with Crippen molar-refractivity contribution in [1.29, 1.82) is 0 Å². The molecule has 0 atom stereocenters. The maximum atomic E-state index is 12.5. The Labute approximate surface area is 158 Å². The zero-order chi connectivity index (χ0) is 19.2. The summed E-state index contributed by atoms with van der Waals surface area (Å²) in [5, 5.41) is 4.00. The topological polar surface area (TPSA) is 68.5 Å². The number of hydrogen-bond donors (Lipinski definition) is 0. The number of carbonyl (C=O) groups is 1. The minimum atomic E-state index is -0.0649. The van der Waals surface area contributed by atoms with Crippen LogP contribution >= 0.6 is 0 Å². The number of para-hydroxylation sites is 1. The smallest absolute Gasteiger partial charge is 0.236 e. The summed E-state index contributed by atoms with van der Waals surface area (Å²) in [4.78, 5) is 18.5. The minimum absolute atomic E-state index is 0.0649. The lowest BCUT2D eigenvalue weighted by Crippen LogP contribution is -2.30. The Morgan fingerprint density at radius 3 is 2.67 bits per heavy atom. The van der Waals surface area contributed by atoms with Gasteiger partial charge < -0.3 is 14.2 Å². The maximum absolute atomic E-state index is 12.5. The standard InChI is InChI=1S/C21H23N3O3/c1-15-8-4-6-10-17(15)21-22-19(27-23-21)14-20(25)24(2)13-12-16-9-5-7-11-18(16)26-3/h4-11H,12-14H2,1-3H3. The number of hydrogen-bond acceptors (Lipinski definition) is 5. The Morgan fingerprint density at radius 2 is 1.89 bits per heavy atom. The fraction of sp³-hybridized carbons (Fsp3) is 0.286. The average Bonchev–Trinajstić information content (AvgIpc) is 3.14. The molecule has 0 unspecified atom stereocenters. The van der Waals surface area contributed by atoms with Crippen LogP contribution in [0.2, 0.25) is 0 Å². The van der Waals surface area contributed by atoms with E-state index in [2.05, 4.69) is 10.1 Å². The van der Waals surface area contributed by atoms with E-state index < -0.39 is 0 Å². The number of ether oxygens (including phenoxy) is 1. The van der Waals surface area contributed by atoms with Crippen LogP contribution in [0, 0.1) is 6.92 Å². The summed E-state index contributed by atoms with van der Waals surface area (Å²) >= 11 is 0. The van der Waals surface area contributed by atoms with Gasteiger partial charge >= 0.3 is 0 Å². The minimum Gasteiger partial charge on any atom is -0.496 e. The van der Waals surface area contributed by atoms with E-state index in [1.54, 1.807) is 19.1 Å². The van der Waals surface area contributed by atoms with Gasteiger partial charge in [0.05, 0.1) is 7.11 Å². The number of likely N-dealkylation sites (N-methyl/N-ethyl adjacent to an activating group) is 1. The summed E-state index contributed by atoms with van der Waals surface area (Å²) in [7, 11) is 3.42. The van der Waals surface area contributed by atoms with Gasteiger partial charge in [0.25, 0.3) is 0 Å². The normalized spacial score (nSPS) is 10.6. The van der Waals surface area contributed by atoms with E-state index >= 15 is 0 Å². The predicted octanol–water partition coefficient (Wildman–Crippen LogP) is 3.30. The van der Waals surface area contributed by atoms with Crippen molar-refractivity contribution in [2.24, 2.45) is 0 Å². The summed E-state index contributed by atoms with van der Waals surface area (Å²) in [6.07, 6.45) is 0.797. The van der Waals surface area contributed by atoms with E-state index in [1.165, 1.54) is 0 Å². The molecule has 1 heterocycles. The summed E-state index contributed by atoms with van der Waals surface area (Å²) in [6.45, 7) is 2.57. The fourth-order valence-electron chi connectivity index (χ4n) is 2.85. The molecule has 2 aromatic carbocycles. The molecule has 0 aliphatic carbocycles. The van der Waals surface area contributed by atoms with Crippen molar-refractivity contribution in [2.45, 2.75) is 19.8 Å². The summed E-state index contributed by atoms with van der Waals surface area (Å²) < 4.78 is 10.6. The molecule has 0 N–H and O–H groups in total. The highest BCUT2D eigenvalue weighted by atomic mass is 16.5. The van der Waals surface area contributed by atoms with Crippen molar-refractivity contribution in [3.05, 3.63) is 65.5 Å². The Bertz CT molecular complexity index is 920. The summed E-state index contributed by atoms with van der Waals surface area (Å²) in [5.41, 5.74) is 3.04. The van der Waals surface area contributed by atoms with Crippen LogP contribution in [0.1, 0.15) is 17.0 Å². The molecule has 0 aliphatic rings. The van der Waals surface area contributed by atoms with Gasteiger partial charge in [-0.1, -0.05) is 47.6 Å². The number of carbonyl (C=O) groups excluding carboxylic acids is 1. The van der Waals surface area contributed by atoms with Gasteiger partial charge in [-0.2, -0.15) is 4.98 Å². The number of aryl methyl sites for hydroxylation is 1. The highest BCUT2D eigenvalue weighted by Gasteiger charge is 2.16. The molecule has 0 spiro atoms. The second kappa shape index (κ2) is 8.49. The molecule has 1 amide bonds. The van der Waals surface area contributed by atoms with E-state index in [9.17, 15) is 4.79 Å². The van der Waals surface area contributed by atoms with Gasteiger partial charge in [0.2, 0.25) is 17.6 Å². The number of amides is 1. The maximum Gasteiger partial charge on any atom is 0.236 e. The molecule has 6 heteroatoms. The second-order valence-electron chi connectivity index (χ2n) is 6.38. The van der Waals surface area contributed by atoms with Crippen LogP contribution in [0.4, 0.5) is 0 Å². The Balaban J connectivity index is 1.59. The van der Waals surface area contributed by atoms with E-state index in [0.717, 1.165) is 22.4 Å². The monoisotopic (exact) mass is 365 g/mol. The van der Waals surface area contributed by atoms with E-state index in [-0.39, 0.29) is 12.3 Å². The molecular formula is C21H23N3O3. The van der Waals surface area contributed by atoms with E-state index in [1.807, 2.05) is 55.5 Å². The number of aromatic nitrogens is 2. The first-order chi connectivity index (χ1) is 13.1. The molecule has 0 bridgehead atoms. The number of methoxy groups -OCH3 is 1. The van der Waals surface area contributed by atoms with Crippen molar-refractivity contribution in [1.82, 2.24) is 15.0 Å². The largest absolute Gasteiger partial charge is 0.496 e. The first-order valence-electron chi connectivity index (χ1n) is 8.83. The van der Waals surface area contributed by atoms with Gasteiger partial charge in [-0.15, -0.1) is 0 Å². The molecule has 0 saturated heterocycles.